The standard InChI is InChI=1S/C15H17NO/c1-15(7-6-13(17)10-15)12-5-4-11-3-2-8-16-14(11)9-12/h2-5,8-9,13,17H,6-7,10H2,1H3. The van der Waals surface area contributed by atoms with E-state index in [1.807, 2.05) is 12.3 Å². The van der Waals surface area contributed by atoms with Gasteiger partial charge in [0.25, 0.3) is 0 Å². The van der Waals surface area contributed by atoms with Crippen molar-refractivity contribution < 1.29 is 5.11 Å². The van der Waals surface area contributed by atoms with Crippen molar-refractivity contribution in [3.63, 3.8) is 0 Å². The summed E-state index contributed by atoms with van der Waals surface area (Å²) in [7, 11) is 0. The molecule has 88 valence electrons. The van der Waals surface area contributed by atoms with Gasteiger partial charge in [-0.05, 0) is 42.4 Å². The molecule has 17 heavy (non-hydrogen) atoms. The first-order valence-electron chi connectivity index (χ1n) is 6.21. The highest BCUT2D eigenvalue weighted by molar-refractivity contribution is 5.79. The Hall–Kier alpha value is -1.41. The quantitative estimate of drug-likeness (QED) is 0.812. The second-order valence-electron chi connectivity index (χ2n) is 5.37. The van der Waals surface area contributed by atoms with Gasteiger partial charge in [0.1, 0.15) is 0 Å². The normalized spacial score (nSPS) is 28.7. The van der Waals surface area contributed by atoms with E-state index in [4.69, 9.17) is 0 Å². The summed E-state index contributed by atoms with van der Waals surface area (Å²) in [5.41, 5.74) is 2.47. The SMILES string of the molecule is CC1(c2ccc3cccnc3c2)CCC(O)C1. The first kappa shape index (κ1) is 10.7. The number of hydrogen-bond donors (Lipinski definition) is 1. The average molecular weight is 227 g/mol. The number of aliphatic hydroxyl groups excluding tert-OH is 1. The molecule has 2 unspecified atom stereocenters. The van der Waals surface area contributed by atoms with Crippen molar-refractivity contribution >= 4 is 10.9 Å². The van der Waals surface area contributed by atoms with Gasteiger partial charge in [0.2, 0.25) is 0 Å². The van der Waals surface area contributed by atoms with Crippen LogP contribution < -0.4 is 0 Å². The van der Waals surface area contributed by atoms with E-state index in [2.05, 4.69) is 36.2 Å². The first-order chi connectivity index (χ1) is 8.17. The highest BCUT2D eigenvalue weighted by Gasteiger charge is 2.35. The molecule has 1 aromatic heterocycles. The first-order valence-corrected chi connectivity index (χ1v) is 6.21. The van der Waals surface area contributed by atoms with Crippen LogP contribution in [0.1, 0.15) is 31.7 Å². The number of pyridine rings is 1. The van der Waals surface area contributed by atoms with Crippen molar-refractivity contribution in [3.05, 3.63) is 42.1 Å². The zero-order valence-electron chi connectivity index (χ0n) is 10.1. The van der Waals surface area contributed by atoms with Crippen LogP contribution in [-0.2, 0) is 5.41 Å². The van der Waals surface area contributed by atoms with Gasteiger partial charge < -0.3 is 5.11 Å². The molecular formula is C15H17NO. The molecule has 1 heterocycles. The third kappa shape index (κ3) is 1.83. The van der Waals surface area contributed by atoms with Gasteiger partial charge in [0.05, 0.1) is 11.6 Å². The third-order valence-corrected chi connectivity index (χ3v) is 4.02. The summed E-state index contributed by atoms with van der Waals surface area (Å²) in [5.74, 6) is 0. The van der Waals surface area contributed by atoms with Crippen LogP contribution in [0.15, 0.2) is 36.5 Å². The molecule has 0 spiro atoms. The van der Waals surface area contributed by atoms with Gasteiger partial charge in [-0.3, -0.25) is 4.98 Å². The smallest absolute Gasteiger partial charge is 0.0704 e. The minimum atomic E-state index is -0.139. The van der Waals surface area contributed by atoms with E-state index in [1.54, 1.807) is 0 Å². The van der Waals surface area contributed by atoms with Gasteiger partial charge in [-0.1, -0.05) is 25.1 Å². The Labute approximate surface area is 101 Å². The molecule has 1 saturated carbocycles. The van der Waals surface area contributed by atoms with Gasteiger partial charge in [-0.2, -0.15) is 0 Å². The van der Waals surface area contributed by atoms with Crippen LogP contribution in [0.5, 0.6) is 0 Å². The molecule has 2 heteroatoms. The predicted octanol–water partition coefficient (Wildman–Crippen LogP) is 3.04. The Morgan fingerprint density at radius 1 is 1.35 bits per heavy atom. The van der Waals surface area contributed by atoms with Gasteiger partial charge in [-0.15, -0.1) is 0 Å². The highest BCUT2D eigenvalue weighted by atomic mass is 16.3. The Balaban J connectivity index is 2.06. The zero-order valence-corrected chi connectivity index (χ0v) is 10.1. The topological polar surface area (TPSA) is 33.1 Å². The van der Waals surface area contributed by atoms with Crippen molar-refractivity contribution in [3.8, 4) is 0 Å². The maximum atomic E-state index is 9.72. The van der Waals surface area contributed by atoms with Crippen molar-refractivity contribution in [1.82, 2.24) is 4.98 Å². The Kier molecular flexibility index (Phi) is 2.40. The number of aromatic nitrogens is 1. The lowest BCUT2D eigenvalue weighted by Crippen LogP contribution is -2.18. The summed E-state index contributed by atoms with van der Waals surface area (Å²) in [6.45, 7) is 2.24. The molecule has 1 aliphatic carbocycles. The van der Waals surface area contributed by atoms with Crippen LogP contribution in [0.25, 0.3) is 10.9 Å². The molecular weight excluding hydrogens is 210 g/mol. The second kappa shape index (κ2) is 3.81. The Morgan fingerprint density at radius 3 is 3.00 bits per heavy atom. The van der Waals surface area contributed by atoms with Gasteiger partial charge in [0, 0.05) is 11.6 Å². The summed E-state index contributed by atoms with van der Waals surface area (Å²) in [4.78, 5) is 4.40. The number of aliphatic hydroxyl groups is 1. The van der Waals surface area contributed by atoms with Crippen molar-refractivity contribution in [2.45, 2.75) is 37.7 Å². The van der Waals surface area contributed by atoms with Gasteiger partial charge >= 0.3 is 0 Å². The maximum absolute atomic E-state index is 9.72. The maximum Gasteiger partial charge on any atom is 0.0704 e. The highest BCUT2D eigenvalue weighted by Crippen LogP contribution is 2.41. The molecule has 2 atom stereocenters. The molecule has 0 bridgehead atoms. The molecule has 0 amide bonds. The second-order valence-corrected chi connectivity index (χ2v) is 5.37. The molecule has 3 rings (SSSR count). The van der Waals surface area contributed by atoms with Crippen LogP contribution in [0.4, 0.5) is 0 Å². The van der Waals surface area contributed by atoms with E-state index in [-0.39, 0.29) is 11.5 Å². The number of benzene rings is 1. The van der Waals surface area contributed by atoms with Crippen LogP contribution in [0.3, 0.4) is 0 Å². The van der Waals surface area contributed by atoms with Crippen molar-refractivity contribution in [2.24, 2.45) is 0 Å². The predicted molar refractivity (Wildman–Crippen MR) is 69.0 cm³/mol. The lowest BCUT2D eigenvalue weighted by molar-refractivity contribution is 0.175. The fourth-order valence-electron chi connectivity index (χ4n) is 2.91. The summed E-state index contributed by atoms with van der Waals surface area (Å²) >= 11 is 0. The summed E-state index contributed by atoms with van der Waals surface area (Å²) < 4.78 is 0. The average Bonchev–Trinajstić information content (AvgIpc) is 2.70. The van der Waals surface area contributed by atoms with Crippen LogP contribution >= 0.6 is 0 Å². The third-order valence-electron chi connectivity index (χ3n) is 4.02. The zero-order chi connectivity index (χ0) is 11.9. The van der Waals surface area contributed by atoms with Crippen LogP contribution in [0, 0.1) is 0 Å². The van der Waals surface area contributed by atoms with E-state index >= 15 is 0 Å². The molecule has 0 radical (unpaired) electrons. The summed E-state index contributed by atoms with van der Waals surface area (Å²) in [5, 5.41) is 10.9. The molecule has 1 aromatic carbocycles. The number of rotatable bonds is 1. The number of nitrogens with zero attached hydrogens (tertiary/aromatic N) is 1. The minimum absolute atomic E-state index is 0.116. The molecule has 1 fully saturated rings. The molecule has 1 N–H and O–H groups in total. The van der Waals surface area contributed by atoms with E-state index in [0.717, 1.165) is 24.8 Å². The lowest BCUT2D eigenvalue weighted by Gasteiger charge is -2.24. The Morgan fingerprint density at radius 2 is 2.24 bits per heavy atom. The summed E-state index contributed by atoms with van der Waals surface area (Å²) in [6, 6.07) is 10.5. The van der Waals surface area contributed by atoms with Crippen molar-refractivity contribution in [2.75, 3.05) is 0 Å². The van der Waals surface area contributed by atoms with E-state index < -0.39 is 0 Å². The van der Waals surface area contributed by atoms with Gasteiger partial charge in [0.15, 0.2) is 0 Å². The molecule has 1 aliphatic rings. The molecule has 0 saturated heterocycles. The Bertz CT molecular complexity index is 551. The molecule has 2 nitrogen and oxygen atoms in total. The van der Waals surface area contributed by atoms with Crippen molar-refractivity contribution in [1.29, 1.82) is 0 Å². The minimum Gasteiger partial charge on any atom is -0.393 e. The van der Waals surface area contributed by atoms with Crippen LogP contribution in [-0.4, -0.2) is 16.2 Å². The summed E-state index contributed by atoms with van der Waals surface area (Å²) in [6.07, 6.45) is 4.53. The monoisotopic (exact) mass is 227 g/mol. The van der Waals surface area contributed by atoms with Crippen LogP contribution in [0.2, 0.25) is 0 Å². The number of fused-ring (bicyclic) bond motifs is 1. The largest absolute Gasteiger partial charge is 0.393 e. The van der Waals surface area contributed by atoms with E-state index in [9.17, 15) is 5.11 Å². The number of hydrogen-bond acceptors (Lipinski definition) is 2. The fourth-order valence-corrected chi connectivity index (χ4v) is 2.91. The molecule has 2 aromatic rings. The molecule has 0 aliphatic heterocycles. The fraction of sp³-hybridized carbons (Fsp3) is 0.400. The van der Waals surface area contributed by atoms with E-state index in [0.29, 0.717) is 0 Å². The van der Waals surface area contributed by atoms with Gasteiger partial charge in [-0.25, -0.2) is 0 Å². The lowest BCUT2D eigenvalue weighted by atomic mass is 9.80. The van der Waals surface area contributed by atoms with E-state index in [1.165, 1.54) is 10.9 Å².